The molecule has 0 aliphatic carbocycles. The van der Waals surface area contributed by atoms with Crippen molar-refractivity contribution in [2.45, 2.75) is 25.9 Å². The Morgan fingerprint density at radius 2 is 1.60 bits per heavy atom. The van der Waals surface area contributed by atoms with E-state index in [-0.39, 0.29) is 11.8 Å². The summed E-state index contributed by atoms with van der Waals surface area (Å²) in [4.78, 5) is 26.6. The highest BCUT2D eigenvalue weighted by molar-refractivity contribution is 5.87. The van der Waals surface area contributed by atoms with Gasteiger partial charge in [0.2, 0.25) is 11.8 Å². The summed E-state index contributed by atoms with van der Waals surface area (Å²) in [5.41, 5.74) is 2.01. The van der Waals surface area contributed by atoms with Crippen molar-refractivity contribution >= 4 is 11.8 Å². The third kappa shape index (κ3) is 5.60. The highest BCUT2D eigenvalue weighted by Gasteiger charge is 2.28. The van der Waals surface area contributed by atoms with Crippen LogP contribution in [-0.4, -0.2) is 29.3 Å². The van der Waals surface area contributed by atoms with Crippen molar-refractivity contribution in [2.24, 2.45) is 0 Å². The molecular formula is C21H24N2O2. The minimum Gasteiger partial charge on any atom is -0.351 e. The molecule has 2 aromatic rings. The van der Waals surface area contributed by atoms with E-state index in [1.807, 2.05) is 60.7 Å². The van der Waals surface area contributed by atoms with Crippen LogP contribution in [0.15, 0.2) is 73.3 Å². The molecule has 0 heterocycles. The molecule has 1 atom stereocenters. The predicted octanol–water partition coefficient (Wildman–Crippen LogP) is 2.95. The molecule has 1 N–H and O–H groups in total. The maximum Gasteiger partial charge on any atom is 0.243 e. The van der Waals surface area contributed by atoms with Crippen molar-refractivity contribution in [3.8, 4) is 0 Å². The van der Waals surface area contributed by atoms with E-state index in [0.29, 0.717) is 19.5 Å². The normalized spacial score (nSPS) is 11.4. The van der Waals surface area contributed by atoms with E-state index in [1.54, 1.807) is 11.0 Å². The molecule has 130 valence electrons. The molecule has 2 amide bonds. The molecule has 0 radical (unpaired) electrons. The summed E-state index contributed by atoms with van der Waals surface area (Å²) < 4.78 is 0. The van der Waals surface area contributed by atoms with E-state index >= 15 is 0 Å². The topological polar surface area (TPSA) is 49.4 Å². The lowest BCUT2D eigenvalue weighted by atomic mass is 10.0. The van der Waals surface area contributed by atoms with E-state index in [0.717, 1.165) is 11.1 Å². The smallest absolute Gasteiger partial charge is 0.243 e. The summed E-state index contributed by atoms with van der Waals surface area (Å²) in [7, 11) is 0. The van der Waals surface area contributed by atoms with E-state index in [9.17, 15) is 9.59 Å². The number of amides is 2. The average Bonchev–Trinajstić information content (AvgIpc) is 2.64. The molecule has 0 bridgehead atoms. The summed E-state index contributed by atoms with van der Waals surface area (Å²) >= 11 is 0. The zero-order chi connectivity index (χ0) is 18.1. The van der Waals surface area contributed by atoms with Crippen molar-refractivity contribution in [1.29, 1.82) is 0 Å². The number of carbonyl (C=O) groups is 2. The Labute approximate surface area is 149 Å². The molecule has 2 aromatic carbocycles. The lowest BCUT2D eigenvalue weighted by Crippen LogP contribution is -2.49. The minimum absolute atomic E-state index is 0.126. The SMILES string of the molecule is C=CCNC(=O)C(Cc1ccccc1)N(Cc1ccccc1)C(C)=O. The quantitative estimate of drug-likeness (QED) is 0.754. The van der Waals surface area contributed by atoms with Gasteiger partial charge in [0, 0.05) is 26.4 Å². The van der Waals surface area contributed by atoms with Crippen LogP contribution < -0.4 is 5.32 Å². The number of rotatable bonds is 8. The fraction of sp³-hybridized carbons (Fsp3) is 0.238. The second kappa shape index (κ2) is 9.42. The van der Waals surface area contributed by atoms with Gasteiger partial charge in [0.05, 0.1) is 0 Å². The summed E-state index contributed by atoms with van der Waals surface area (Å²) in [6, 6.07) is 18.9. The van der Waals surface area contributed by atoms with Gasteiger partial charge >= 0.3 is 0 Å². The summed E-state index contributed by atoms with van der Waals surface area (Å²) in [6.45, 7) is 5.90. The standard InChI is InChI=1S/C21H24N2O2/c1-3-14-22-21(25)20(15-18-10-6-4-7-11-18)23(17(2)24)16-19-12-8-5-9-13-19/h3-13,20H,1,14-16H2,2H3,(H,22,25). The summed E-state index contributed by atoms with van der Waals surface area (Å²) in [5.74, 6) is -0.298. The van der Waals surface area contributed by atoms with Crippen molar-refractivity contribution in [1.82, 2.24) is 10.2 Å². The van der Waals surface area contributed by atoms with E-state index in [1.165, 1.54) is 6.92 Å². The molecule has 0 saturated carbocycles. The van der Waals surface area contributed by atoms with Crippen LogP contribution in [0.25, 0.3) is 0 Å². The van der Waals surface area contributed by atoms with Gasteiger partial charge in [-0.05, 0) is 11.1 Å². The summed E-state index contributed by atoms with van der Waals surface area (Å²) in [6.07, 6.45) is 2.10. The first-order valence-corrected chi connectivity index (χ1v) is 8.35. The number of benzene rings is 2. The highest BCUT2D eigenvalue weighted by Crippen LogP contribution is 2.14. The Morgan fingerprint density at radius 1 is 1.04 bits per heavy atom. The zero-order valence-electron chi connectivity index (χ0n) is 14.5. The number of nitrogens with zero attached hydrogens (tertiary/aromatic N) is 1. The number of carbonyl (C=O) groups excluding carboxylic acids is 2. The molecule has 25 heavy (non-hydrogen) atoms. The Balaban J connectivity index is 2.26. The van der Waals surface area contributed by atoms with Crippen LogP contribution in [-0.2, 0) is 22.6 Å². The Hall–Kier alpha value is -2.88. The van der Waals surface area contributed by atoms with Gasteiger partial charge in [0.25, 0.3) is 0 Å². The van der Waals surface area contributed by atoms with Gasteiger partial charge in [-0.3, -0.25) is 9.59 Å². The van der Waals surface area contributed by atoms with Crippen LogP contribution in [0.5, 0.6) is 0 Å². The van der Waals surface area contributed by atoms with Crippen molar-refractivity contribution in [3.63, 3.8) is 0 Å². The third-order valence-corrected chi connectivity index (χ3v) is 3.97. The van der Waals surface area contributed by atoms with Crippen molar-refractivity contribution < 1.29 is 9.59 Å². The molecular weight excluding hydrogens is 312 g/mol. The van der Waals surface area contributed by atoms with Gasteiger partial charge in [-0.15, -0.1) is 6.58 Å². The first kappa shape index (κ1) is 18.5. The zero-order valence-corrected chi connectivity index (χ0v) is 14.5. The Morgan fingerprint density at radius 3 is 2.12 bits per heavy atom. The van der Waals surface area contributed by atoms with Crippen LogP contribution in [0.3, 0.4) is 0 Å². The average molecular weight is 336 g/mol. The van der Waals surface area contributed by atoms with Gasteiger partial charge < -0.3 is 10.2 Å². The summed E-state index contributed by atoms with van der Waals surface area (Å²) in [5, 5.41) is 2.82. The number of hydrogen-bond acceptors (Lipinski definition) is 2. The van der Waals surface area contributed by atoms with Crippen LogP contribution >= 0.6 is 0 Å². The maximum atomic E-state index is 12.7. The molecule has 0 spiro atoms. The van der Waals surface area contributed by atoms with Crippen molar-refractivity contribution in [3.05, 3.63) is 84.4 Å². The van der Waals surface area contributed by atoms with Crippen LogP contribution in [0.4, 0.5) is 0 Å². The Bertz CT molecular complexity index is 698. The Kier molecular flexibility index (Phi) is 6.96. The lowest BCUT2D eigenvalue weighted by molar-refractivity contribution is -0.139. The monoisotopic (exact) mass is 336 g/mol. The van der Waals surface area contributed by atoms with Crippen molar-refractivity contribution in [2.75, 3.05) is 6.54 Å². The predicted molar refractivity (Wildman–Crippen MR) is 99.8 cm³/mol. The molecule has 0 aromatic heterocycles. The van der Waals surface area contributed by atoms with Crippen LogP contribution in [0, 0.1) is 0 Å². The molecule has 0 saturated heterocycles. The molecule has 2 rings (SSSR count). The van der Waals surface area contributed by atoms with E-state index in [4.69, 9.17) is 0 Å². The molecule has 0 fully saturated rings. The highest BCUT2D eigenvalue weighted by atomic mass is 16.2. The van der Waals surface area contributed by atoms with Crippen LogP contribution in [0.2, 0.25) is 0 Å². The van der Waals surface area contributed by atoms with Crippen LogP contribution in [0.1, 0.15) is 18.1 Å². The van der Waals surface area contributed by atoms with E-state index in [2.05, 4.69) is 11.9 Å². The molecule has 1 unspecified atom stereocenters. The van der Waals surface area contributed by atoms with Gasteiger partial charge in [0.1, 0.15) is 6.04 Å². The molecule has 0 aliphatic heterocycles. The van der Waals surface area contributed by atoms with Gasteiger partial charge in [-0.25, -0.2) is 0 Å². The fourth-order valence-corrected chi connectivity index (χ4v) is 2.69. The molecule has 4 nitrogen and oxygen atoms in total. The maximum absolute atomic E-state index is 12.7. The lowest BCUT2D eigenvalue weighted by Gasteiger charge is -2.30. The first-order chi connectivity index (χ1) is 12.1. The van der Waals surface area contributed by atoms with E-state index < -0.39 is 6.04 Å². The van der Waals surface area contributed by atoms with Gasteiger partial charge in [0.15, 0.2) is 0 Å². The largest absolute Gasteiger partial charge is 0.351 e. The number of nitrogens with one attached hydrogen (secondary N) is 1. The first-order valence-electron chi connectivity index (χ1n) is 8.35. The van der Waals surface area contributed by atoms with Gasteiger partial charge in [-0.1, -0.05) is 66.7 Å². The minimum atomic E-state index is -0.569. The molecule has 4 heteroatoms. The molecule has 0 aliphatic rings. The second-order valence-electron chi connectivity index (χ2n) is 5.87. The fourth-order valence-electron chi connectivity index (χ4n) is 2.69. The third-order valence-electron chi connectivity index (χ3n) is 3.97. The second-order valence-corrected chi connectivity index (χ2v) is 5.87. The van der Waals surface area contributed by atoms with Gasteiger partial charge in [-0.2, -0.15) is 0 Å². The number of hydrogen-bond donors (Lipinski definition) is 1.